The lowest BCUT2D eigenvalue weighted by Gasteiger charge is -2.23. The van der Waals surface area contributed by atoms with E-state index in [1.54, 1.807) is 14.2 Å². The fourth-order valence-electron chi connectivity index (χ4n) is 1.50. The number of hydrogen-bond acceptors (Lipinski definition) is 4. The summed E-state index contributed by atoms with van der Waals surface area (Å²) in [6, 6.07) is -0.0319. The molecule has 0 radical (unpaired) electrons. The van der Waals surface area contributed by atoms with E-state index in [1.165, 1.54) is 8.61 Å². The monoisotopic (exact) mass is 237 g/mol. The summed E-state index contributed by atoms with van der Waals surface area (Å²) < 4.78 is 31.4. The van der Waals surface area contributed by atoms with Gasteiger partial charge in [-0.05, 0) is 6.42 Å². The lowest BCUT2D eigenvalue weighted by Crippen LogP contribution is -2.42. The van der Waals surface area contributed by atoms with Gasteiger partial charge in [-0.1, -0.05) is 0 Å². The van der Waals surface area contributed by atoms with Crippen molar-refractivity contribution in [1.29, 1.82) is 0 Å². The Morgan fingerprint density at radius 1 is 1.60 bits per heavy atom. The maximum Gasteiger partial charge on any atom is 0.281 e. The predicted octanol–water partition coefficient (Wildman–Crippen LogP) is -1.16. The third-order valence-corrected chi connectivity index (χ3v) is 4.47. The molecule has 0 aromatic rings. The molecule has 1 fully saturated rings. The molecule has 0 aliphatic carbocycles. The van der Waals surface area contributed by atoms with Crippen molar-refractivity contribution in [2.75, 3.05) is 40.4 Å². The standard InChI is InChI=1S/C8H19N3O3S/c1-10(5-6-14-2)15(12,13)11-4-3-8(9)7-11/h8H,3-7,9H2,1-2H3/t8-/m1/s1. The van der Waals surface area contributed by atoms with Crippen molar-refractivity contribution in [3.63, 3.8) is 0 Å². The van der Waals surface area contributed by atoms with Crippen molar-refractivity contribution in [2.24, 2.45) is 5.73 Å². The molecule has 1 saturated heterocycles. The Morgan fingerprint density at radius 3 is 2.73 bits per heavy atom. The predicted molar refractivity (Wildman–Crippen MR) is 57.6 cm³/mol. The van der Waals surface area contributed by atoms with E-state index in [9.17, 15) is 8.42 Å². The summed E-state index contributed by atoms with van der Waals surface area (Å²) >= 11 is 0. The van der Waals surface area contributed by atoms with Gasteiger partial charge in [0.05, 0.1) is 6.61 Å². The highest BCUT2D eigenvalue weighted by molar-refractivity contribution is 7.86. The normalized spacial score (nSPS) is 23.9. The van der Waals surface area contributed by atoms with Crippen LogP contribution in [0.3, 0.4) is 0 Å². The van der Waals surface area contributed by atoms with Crippen molar-refractivity contribution < 1.29 is 13.2 Å². The molecule has 0 unspecified atom stereocenters. The molecule has 0 bridgehead atoms. The summed E-state index contributed by atoms with van der Waals surface area (Å²) in [5.41, 5.74) is 5.67. The van der Waals surface area contributed by atoms with Gasteiger partial charge in [-0.2, -0.15) is 17.0 Å². The topological polar surface area (TPSA) is 75.9 Å². The summed E-state index contributed by atoms with van der Waals surface area (Å²) in [5, 5.41) is 0. The van der Waals surface area contributed by atoms with Crippen LogP contribution in [0.2, 0.25) is 0 Å². The Kier molecular flexibility index (Phi) is 4.47. The highest BCUT2D eigenvalue weighted by Crippen LogP contribution is 2.14. The van der Waals surface area contributed by atoms with Crippen molar-refractivity contribution in [1.82, 2.24) is 8.61 Å². The molecule has 0 saturated carbocycles. The zero-order valence-corrected chi connectivity index (χ0v) is 10.0. The van der Waals surface area contributed by atoms with Gasteiger partial charge in [0.1, 0.15) is 0 Å². The second-order valence-electron chi connectivity index (χ2n) is 3.73. The summed E-state index contributed by atoms with van der Waals surface area (Å²) in [6.07, 6.45) is 0.733. The second-order valence-corrected chi connectivity index (χ2v) is 5.76. The maximum absolute atomic E-state index is 11.9. The summed E-state index contributed by atoms with van der Waals surface area (Å²) in [4.78, 5) is 0. The van der Waals surface area contributed by atoms with Crippen LogP contribution in [0.4, 0.5) is 0 Å². The first-order valence-electron chi connectivity index (χ1n) is 4.94. The van der Waals surface area contributed by atoms with E-state index in [-0.39, 0.29) is 6.04 Å². The van der Waals surface area contributed by atoms with Gasteiger partial charge >= 0.3 is 0 Å². The highest BCUT2D eigenvalue weighted by atomic mass is 32.2. The molecule has 0 spiro atoms. The third kappa shape index (κ3) is 3.12. The van der Waals surface area contributed by atoms with E-state index in [0.29, 0.717) is 26.2 Å². The number of likely N-dealkylation sites (N-methyl/N-ethyl adjacent to an activating group) is 1. The number of rotatable bonds is 5. The van der Waals surface area contributed by atoms with E-state index in [4.69, 9.17) is 10.5 Å². The molecule has 0 aromatic carbocycles. The van der Waals surface area contributed by atoms with Gasteiger partial charge in [0.15, 0.2) is 0 Å². The number of methoxy groups -OCH3 is 1. The molecule has 1 heterocycles. The summed E-state index contributed by atoms with van der Waals surface area (Å²) in [7, 11) is -0.236. The van der Waals surface area contributed by atoms with E-state index in [2.05, 4.69) is 0 Å². The minimum absolute atomic E-state index is 0.0319. The van der Waals surface area contributed by atoms with Crippen LogP contribution in [0.15, 0.2) is 0 Å². The molecular formula is C8H19N3O3S. The summed E-state index contributed by atoms with van der Waals surface area (Å²) in [6.45, 7) is 1.70. The van der Waals surface area contributed by atoms with Crippen LogP contribution >= 0.6 is 0 Å². The van der Waals surface area contributed by atoms with E-state index >= 15 is 0 Å². The summed E-state index contributed by atoms with van der Waals surface area (Å²) in [5.74, 6) is 0. The minimum atomic E-state index is -3.34. The smallest absolute Gasteiger partial charge is 0.281 e. The van der Waals surface area contributed by atoms with Gasteiger partial charge in [0.2, 0.25) is 0 Å². The average molecular weight is 237 g/mol. The number of ether oxygens (including phenoxy) is 1. The lowest BCUT2D eigenvalue weighted by molar-refractivity contribution is 0.183. The van der Waals surface area contributed by atoms with Crippen LogP contribution in [0, 0.1) is 0 Å². The molecule has 1 rings (SSSR count). The van der Waals surface area contributed by atoms with Gasteiger partial charge in [0, 0.05) is 39.8 Å². The van der Waals surface area contributed by atoms with E-state index in [1.807, 2.05) is 0 Å². The van der Waals surface area contributed by atoms with Crippen LogP contribution in [0.5, 0.6) is 0 Å². The fourth-order valence-corrected chi connectivity index (χ4v) is 2.91. The minimum Gasteiger partial charge on any atom is -0.383 e. The Labute approximate surface area is 91.2 Å². The Hall–Kier alpha value is -0.210. The lowest BCUT2D eigenvalue weighted by atomic mass is 10.3. The first-order valence-corrected chi connectivity index (χ1v) is 6.34. The molecule has 2 N–H and O–H groups in total. The van der Waals surface area contributed by atoms with Crippen LogP contribution in [-0.4, -0.2) is 63.5 Å². The molecule has 1 atom stereocenters. The van der Waals surface area contributed by atoms with Gasteiger partial charge in [-0.15, -0.1) is 0 Å². The highest BCUT2D eigenvalue weighted by Gasteiger charge is 2.32. The quantitative estimate of drug-likeness (QED) is 0.654. The first kappa shape index (κ1) is 12.9. The Morgan fingerprint density at radius 2 is 2.27 bits per heavy atom. The fraction of sp³-hybridized carbons (Fsp3) is 1.00. The van der Waals surface area contributed by atoms with E-state index < -0.39 is 10.2 Å². The van der Waals surface area contributed by atoms with Crippen LogP contribution in [-0.2, 0) is 14.9 Å². The van der Waals surface area contributed by atoms with Crippen LogP contribution in [0.1, 0.15) is 6.42 Å². The number of nitrogens with two attached hydrogens (primary N) is 1. The van der Waals surface area contributed by atoms with Gasteiger partial charge in [0.25, 0.3) is 10.2 Å². The molecule has 0 aromatic heterocycles. The third-order valence-electron chi connectivity index (χ3n) is 2.52. The number of nitrogens with zero attached hydrogens (tertiary/aromatic N) is 2. The zero-order chi connectivity index (χ0) is 11.5. The molecule has 6 nitrogen and oxygen atoms in total. The molecule has 90 valence electrons. The first-order chi connectivity index (χ1) is 6.98. The molecule has 0 amide bonds. The van der Waals surface area contributed by atoms with Crippen molar-refractivity contribution in [2.45, 2.75) is 12.5 Å². The largest absolute Gasteiger partial charge is 0.383 e. The molecule has 1 aliphatic heterocycles. The SMILES string of the molecule is COCCN(C)S(=O)(=O)N1CC[C@@H](N)C1. The number of hydrogen-bond donors (Lipinski definition) is 1. The van der Waals surface area contributed by atoms with Crippen molar-refractivity contribution in [3.05, 3.63) is 0 Å². The molecule has 7 heteroatoms. The van der Waals surface area contributed by atoms with Crippen molar-refractivity contribution in [3.8, 4) is 0 Å². The molecule has 1 aliphatic rings. The zero-order valence-electron chi connectivity index (χ0n) is 9.22. The molecule has 15 heavy (non-hydrogen) atoms. The Balaban J connectivity index is 2.57. The van der Waals surface area contributed by atoms with Crippen LogP contribution in [0.25, 0.3) is 0 Å². The van der Waals surface area contributed by atoms with Gasteiger partial charge in [-0.3, -0.25) is 0 Å². The van der Waals surface area contributed by atoms with Gasteiger partial charge in [-0.25, -0.2) is 0 Å². The van der Waals surface area contributed by atoms with Crippen LogP contribution < -0.4 is 5.73 Å². The average Bonchev–Trinajstić information content (AvgIpc) is 2.61. The second kappa shape index (κ2) is 5.22. The maximum atomic E-state index is 11.9. The van der Waals surface area contributed by atoms with E-state index in [0.717, 1.165) is 6.42 Å². The van der Waals surface area contributed by atoms with Crippen molar-refractivity contribution >= 4 is 10.2 Å². The Bertz CT molecular complexity index is 294. The molecular weight excluding hydrogens is 218 g/mol. The van der Waals surface area contributed by atoms with Gasteiger partial charge < -0.3 is 10.5 Å².